The van der Waals surface area contributed by atoms with E-state index in [1.54, 1.807) is 23.5 Å². The molecule has 1 heterocycles. The normalized spacial score (nSPS) is 20.1. The zero-order valence-corrected chi connectivity index (χ0v) is 9.34. The molecule has 5 heteroatoms. The zero-order chi connectivity index (χ0) is 7.40. The van der Waals surface area contributed by atoms with E-state index in [-0.39, 0.29) is 37.7 Å². The molecule has 1 rings (SSSR count). The van der Waals surface area contributed by atoms with Gasteiger partial charge in [0, 0.05) is 0 Å². The SMILES string of the molecule is C=CC([O-])[C-]1SCCCS1.[Li+].[Li+]. The predicted octanol–water partition coefficient (Wildman–Crippen LogP) is -4.73. The summed E-state index contributed by atoms with van der Waals surface area (Å²) in [6.45, 7) is 3.48. The number of thioether (sulfide) groups is 2. The maximum atomic E-state index is 11.1. The van der Waals surface area contributed by atoms with Gasteiger partial charge < -0.3 is 28.6 Å². The van der Waals surface area contributed by atoms with Gasteiger partial charge >= 0.3 is 37.7 Å². The Hall–Kier alpha value is 1.59. The number of rotatable bonds is 2. The van der Waals surface area contributed by atoms with Crippen LogP contribution in [-0.4, -0.2) is 17.6 Å². The zero-order valence-electron chi connectivity index (χ0n) is 7.71. The van der Waals surface area contributed by atoms with Crippen LogP contribution in [0.2, 0.25) is 0 Å². The number of hydrogen-bond donors (Lipinski definition) is 0. The molecule has 0 aromatic heterocycles. The molecule has 0 N–H and O–H groups in total. The quantitative estimate of drug-likeness (QED) is 0.247. The van der Waals surface area contributed by atoms with Crippen LogP contribution in [-0.2, 0) is 0 Å². The first-order chi connectivity index (χ1) is 4.84. The van der Waals surface area contributed by atoms with Crippen LogP contribution in [0.3, 0.4) is 0 Å². The molecule has 1 aliphatic heterocycles. The molecule has 1 saturated heterocycles. The summed E-state index contributed by atoms with van der Waals surface area (Å²) in [6, 6.07) is 0. The summed E-state index contributed by atoms with van der Waals surface area (Å²) in [4.78, 5) is 0. The van der Waals surface area contributed by atoms with Crippen molar-refractivity contribution in [3.8, 4) is 0 Å². The second-order valence-corrected chi connectivity index (χ2v) is 4.56. The van der Waals surface area contributed by atoms with Gasteiger partial charge in [-0.2, -0.15) is 0 Å². The van der Waals surface area contributed by atoms with Gasteiger partial charge in [0.05, 0.1) is 0 Å². The van der Waals surface area contributed by atoms with Crippen molar-refractivity contribution in [1.82, 2.24) is 0 Å². The van der Waals surface area contributed by atoms with Crippen molar-refractivity contribution in [3.05, 3.63) is 17.2 Å². The van der Waals surface area contributed by atoms with Gasteiger partial charge in [-0.25, -0.2) is 10.7 Å². The summed E-state index contributed by atoms with van der Waals surface area (Å²) in [6.07, 6.45) is 2.04. The van der Waals surface area contributed by atoms with E-state index in [2.05, 4.69) is 6.58 Å². The van der Waals surface area contributed by atoms with E-state index in [1.165, 1.54) is 12.5 Å². The van der Waals surface area contributed by atoms with Crippen molar-refractivity contribution in [2.75, 3.05) is 11.5 Å². The molecule has 1 aliphatic rings. The molecular formula is C7H10Li2OS2. The smallest absolute Gasteiger partial charge is 0.872 e. The minimum absolute atomic E-state index is 0. The van der Waals surface area contributed by atoms with E-state index in [9.17, 15) is 5.11 Å². The fourth-order valence-electron chi connectivity index (χ4n) is 0.707. The van der Waals surface area contributed by atoms with Gasteiger partial charge in [-0.1, -0.05) is 0 Å². The Balaban J connectivity index is 0. The minimum Gasteiger partial charge on any atom is -0.872 e. The summed E-state index contributed by atoms with van der Waals surface area (Å²) in [5.74, 6) is 2.21. The fraction of sp³-hybridized carbons (Fsp3) is 0.571. The van der Waals surface area contributed by atoms with E-state index in [1.807, 2.05) is 0 Å². The van der Waals surface area contributed by atoms with E-state index >= 15 is 0 Å². The average molecular weight is 188 g/mol. The Bertz CT molecular complexity index is 118. The molecular weight excluding hydrogens is 178 g/mol. The van der Waals surface area contributed by atoms with Crippen LogP contribution in [0.1, 0.15) is 6.42 Å². The fourth-order valence-corrected chi connectivity index (χ4v) is 3.22. The van der Waals surface area contributed by atoms with Crippen molar-refractivity contribution in [2.45, 2.75) is 12.5 Å². The Morgan fingerprint density at radius 3 is 2.25 bits per heavy atom. The van der Waals surface area contributed by atoms with Crippen LogP contribution in [0.15, 0.2) is 12.7 Å². The Morgan fingerprint density at radius 2 is 1.83 bits per heavy atom. The van der Waals surface area contributed by atoms with Crippen molar-refractivity contribution in [3.63, 3.8) is 0 Å². The molecule has 0 aromatic rings. The van der Waals surface area contributed by atoms with Crippen molar-refractivity contribution < 1.29 is 42.8 Å². The topological polar surface area (TPSA) is 23.1 Å². The molecule has 1 unspecified atom stereocenters. The molecule has 0 spiro atoms. The first-order valence-electron chi connectivity index (χ1n) is 3.25. The van der Waals surface area contributed by atoms with Gasteiger partial charge in [0.2, 0.25) is 0 Å². The molecule has 0 saturated carbocycles. The van der Waals surface area contributed by atoms with E-state index in [4.69, 9.17) is 0 Å². The van der Waals surface area contributed by atoms with Crippen LogP contribution < -0.4 is 42.8 Å². The van der Waals surface area contributed by atoms with Crippen molar-refractivity contribution in [1.29, 1.82) is 0 Å². The van der Waals surface area contributed by atoms with Gasteiger partial charge in [0.15, 0.2) is 0 Å². The molecule has 1 nitrogen and oxygen atoms in total. The van der Waals surface area contributed by atoms with Crippen LogP contribution in [0.25, 0.3) is 0 Å². The molecule has 0 bridgehead atoms. The van der Waals surface area contributed by atoms with E-state index in [0.717, 1.165) is 16.1 Å². The summed E-state index contributed by atoms with van der Waals surface area (Å²) in [5.41, 5.74) is 0. The third kappa shape index (κ3) is 5.35. The van der Waals surface area contributed by atoms with Gasteiger partial charge in [-0.05, 0) is 17.9 Å². The van der Waals surface area contributed by atoms with Gasteiger partial charge in [0.25, 0.3) is 0 Å². The first kappa shape index (κ1) is 16.0. The second-order valence-electron chi connectivity index (χ2n) is 2.03. The summed E-state index contributed by atoms with van der Waals surface area (Å²) in [5, 5.41) is 11.1. The molecule has 0 aliphatic carbocycles. The molecule has 1 fully saturated rings. The van der Waals surface area contributed by atoms with Crippen molar-refractivity contribution >= 4 is 23.5 Å². The molecule has 58 valence electrons. The first-order valence-corrected chi connectivity index (χ1v) is 5.22. The average Bonchev–Trinajstić information content (AvgIpc) is 2.05. The standard InChI is InChI=1S/C7H10OS2.2Li/c1-2-6(8)7-9-4-3-5-10-7;;/h2,6H,1,3-5H2;;/q-2;2*+1. The second kappa shape index (κ2) is 9.16. The molecule has 0 radical (unpaired) electrons. The Kier molecular flexibility index (Phi) is 12.2. The summed E-state index contributed by atoms with van der Waals surface area (Å²) < 4.78 is 1.00. The van der Waals surface area contributed by atoms with E-state index in [0.29, 0.717) is 0 Å². The van der Waals surface area contributed by atoms with Gasteiger partial charge in [-0.3, -0.25) is 0 Å². The van der Waals surface area contributed by atoms with Crippen LogP contribution in [0, 0.1) is 4.58 Å². The van der Waals surface area contributed by atoms with Crippen LogP contribution in [0.4, 0.5) is 0 Å². The van der Waals surface area contributed by atoms with Gasteiger partial charge in [-0.15, -0.1) is 12.7 Å². The maximum absolute atomic E-state index is 11.1. The van der Waals surface area contributed by atoms with E-state index < -0.39 is 6.10 Å². The third-order valence-corrected chi connectivity index (χ3v) is 3.95. The molecule has 0 aromatic carbocycles. The molecule has 12 heavy (non-hydrogen) atoms. The maximum Gasteiger partial charge on any atom is 1.00 e. The van der Waals surface area contributed by atoms with Crippen LogP contribution in [0.5, 0.6) is 0 Å². The monoisotopic (exact) mass is 188 g/mol. The summed E-state index contributed by atoms with van der Waals surface area (Å²) in [7, 11) is 0. The Morgan fingerprint density at radius 1 is 1.33 bits per heavy atom. The van der Waals surface area contributed by atoms with Gasteiger partial charge in [0.1, 0.15) is 0 Å². The third-order valence-electron chi connectivity index (χ3n) is 1.22. The minimum atomic E-state index is -0.657. The van der Waals surface area contributed by atoms with Crippen LogP contribution >= 0.6 is 23.5 Å². The van der Waals surface area contributed by atoms with Crippen molar-refractivity contribution in [2.24, 2.45) is 0 Å². The predicted molar refractivity (Wildman–Crippen MR) is 46.8 cm³/mol. The molecule has 0 amide bonds. The summed E-state index contributed by atoms with van der Waals surface area (Å²) >= 11 is 3.38. The Labute approximate surface area is 107 Å². The number of hydrogen-bond acceptors (Lipinski definition) is 3. The largest absolute Gasteiger partial charge is 1.00 e. The molecule has 1 atom stereocenters.